The second kappa shape index (κ2) is 7.56. The number of hydrogen-bond donors (Lipinski definition) is 1. The predicted octanol–water partition coefficient (Wildman–Crippen LogP) is 4.83. The first-order valence-electron chi connectivity index (χ1n) is 8.28. The van der Waals surface area contributed by atoms with Crippen molar-refractivity contribution in [1.29, 1.82) is 0 Å². The Bertz CT molecular complexity index is 517. The van der Waals surface area contributed by atoms with Crippen LogP contribution in [0.25, 0.3) is 0 Å². The van der Waals surface area contributed by atoms with Crippen molar-refractivity contribution in [3.63, 3.8) is 0 Å². The highest BCUT2D eigenvalue weighted by Gasteiger charge is 2.27. The van der Waals surface area contributed by atoms with Gasteiger partial charge in [-0.25, -0.2) is 4.79 Å². The number of carboxylic acid groups (broad SMARTS) is 1. The van der Waals surface area contributed by atoms with Crippen LogP contribution in [0.4, 0.5) is 10.5 Å². The number of piperidine rings is 1. The molecule has 2 rings (SSSR count). The lowest BCUT2D eigenvalue weighted by molar-refractivity contribution is 0.0949. The Labute approximate surface area is 147 Å². The fraction of sp³-hybridized carbons (Fsp3) is 0.611. The quantitative estimate of drug-likeness (QED) is 0.810. The molecule has 0 radical (unpaired) electrons. The summed E-state index contributed by atoms with van der Waals surface area (Å²) in [5.74, 6) is 0.617. The van der Waals surface area contributed by atoms with Gasteiger partial charge in [0, 0.05) is 35.3 Å². The lowest BCUT2D eigenvalue weighted by atomic mass is 9.92. The molecule has 1 fully saturated rings. The van der Waals surface area contributed by atoms with Gasteiger partial charge < -0.3 is 14.9 Å². The fourth-order valence-corrected chi connectivity index (χ4v) is 3.43. The highest BCUT2D eigenvalue weighted by Crippen LogP contribution is 2.27. The average Bonchev–Trinajstić information content (AvgIpc) is 2.47. The topological polar surface area (TPSA) is 43.8 Å². The largest absolute Gasteiger partial charge is 0.465 e. The van der Waals surface area contributed by atoms with Crippen molar-refractivity contribution >= 4 is 27.7 Å². The number of hydrogen-bond acceptors (Lipinski definition) is 2. The zero-order valence-corrected chi connectivity index (χ0v) is 15.8. The lowest BCUT2D eigenvalue weighted by Gasteiger charge is -2.37. The van der Waals surface area contributed by atoms with Gasteiger partial charge >= 0.3 is 6.09 Å². The molecule has 0 bridgehead atoms. The maximum atomic E-state index is 11.4. The Kier molecular flexibility index (Phi) is 5.95. The van der Waals surface area contributed by atoms with Crippen molar-refractivity contribution in [3.05, 3.63) is 28.7 Å². The molecule has 1 saturated heterocycles. The molecule has 1 aromatic rings. The number of rotatable bonds is 4. The minimum absolute atomic E-state index is 0.329. The van der Waals surface area contributed by atoms with E-state index in [9.17, 15) is 9.90 Å². The standard InChI is InChI=1S/C18H27BrN2O2/c1-18(2,3)21(17(22)23)13-10-14-8-11-20(12-9-14)16-6-4-15(19)5-7-16/h4-7,14H,8-13H2,1-3H3,(H,22,23). The van der Waals surface area contributed by atoms with Gasteiger partial charge in [-0.1, -0.05) is 15.9 Å². The van der Waals surface area contributed by atoms with Gasteiger partial charge in [0.15, 0.2) is 0 Å². The van der Waals surface area contributed by atoms with Gasteiger partial charge in [-0.3, -0.25) is 0 Å². The van der Waals surface area contributed by atoms with Crippen LogP contribution in [0.5, 0.6) is 0 Å². The van der Waals surface area contributed by atoms with Crippen LogP contribution in [0.3, 0.4) is 0 Å². The van der Waals surface area contributed by atoms with E-state index < -0.39 is 6.09 Å². The van der Waals surface area contributed by atoms with Crippen molar-refractivity contribution in [2.24, 2.45) is 5.92 Å². The van der Waals surface area contributed by atoms with E-state index in [-0.39, 0.29) is 5.54 Å². The molecule has 0 atom stereocenters. The van der Waals surface area contributed by atoms with E-state index in [1.165, 1.54) is 5.69 Å². The average molecular weight is 383 g/mol. The number of benzene rings is 1. The van der Waals surface area contributed by atoms with Crippen LogP contribution < -0.4 is 4.90 Å². The Balaban J connectivity index is 1.82. The van der Waals surface area contributed by atoms with E-state index in [0.29, 0.717) is 12.5 Å². The smallest absolute Gasteiger partial charge is 0.407 e. The van der Waals surface area contributed by atoms with Gasteiger partial charge in [0.2, 0.25) is 0 Å². The Morgan fingerprint density at radius 3 is 2.30 bits per heavy atom. The number of anilines is 1. The molecular formula is C18H27BrN2O2. The molecule has 0 aromatic heterocycles. The maximum Gasteiger partial charge on any atom is 0.407 e. The summed E-state index contributed by atoms with van der Waals surface area (Å²) < 4.78 is 1.10. The van der Waals surface area contributed by atoms with Gasteiger partial charge in [0.05, 0.1) is 0 Å². The van der Waals surface area contributed by atoms with E-state index >= 15 is 0 Å². The van der Waals surface area contributed by atoms with Crippen LogP contribution in [0, 0.1) is 5.92 Å². The molecule has 1 N–H and O–H groups in total. The van der Waals surface area contributed by atoms with Crippen LogP contribution in [-0.4, -0.2) is 41.3 Å². The Morgan fingerprint density at radius 1 is 1.26 bits per heavy atom. The fourth-order valence-electron chi connectivity index (χ4n) is 3.16. The first-order chi connectivity index (χ1) is 10.8. The maximum absolute atomic E-state index is 11.4. The summed E-state index contributed by atoms with van der Waals surface area (Å²) in [6.45, 7) is 8.59. The third kappa shape index (κ3) is 5.13. The zero-order chi connectivity index (χ0) is 17.0. The molecule has 0 spiro atoms. The minimum atomic E-state index is -0.815. The molecule has 0 saturated carbocycles. The van der Waals surface area contributed by atoms with E-state index in [0.717, 1.165) is 36.8 Å². The van der Waals surface area contributed by atoms with Gasteiger partial charge in [0.1, 0.15) is 0 Å². The number of carbonyl (C=O) groups is 1. The van der Waals surface area contributed by atoms with E-state index in [1.54, 1.807) is 4.90 Å². The summed E-state index contributed by atoms with van der Waals surface area (Å²) in [6, 6.07) is 8.46. The Hall–Kier alpha value is -1.23. The van der Waals surface area contributed by atoms with Crippen LogP contribution in [0.1, 0.15) is 40.0 Å². The van der Waals surface area contributed by atoms with Crippen LogP contribution in [0.2, 0.25) is 0 Å². The summed E-state index contributed by atoms with van der Waals surface area (Å²) in [4.78, 5) is 15.4. The molecular weight excluding hydrogens is 356 g/mol. The second-order valence-electron chi connectivity index (χ2n) is 7.30. The van der Waals surface area contributed by atoms with Crippen LogP contribution in [0.15, 0.2) is 28.7 Å². The Morgan fingerprint density at radius 2 is 1.83 bits per heavy atom. The summed E-state index contributed by atoms with van der Waals surface area (Å²) >= 11 is 3.47. The molecule has 4 nitrogen and oxygen atoms in total. The SMILES string of the molecule is CC(C)(C)N(CCC1CCN(c2ccc(Br)cc2)CC1)C(=O)O. The van der Waals surface area contributed by atoms with Crippen LogP contribution >= 0.6 is 15.9 Å². The molecule has 1 amide bonds. The summed E-state index contributed by atoms with van der Waals surface area (Å²) in [5, 5.41) is 9.37. The zero-order valence-electron chi connectivity index (χ0n) is 14.3. The minimum Gasteiger partial charge on any atom is -0.465 e. The highest BCUT2D eigenvalue weighted by molar-refractivity contribution is 9.10. The summed E-state index contributed by atoms with van der Waals surface area (Å²) in [7, 11) is 0. The normalized spacial score (nSPS) is 16.4. The van der Waals surface area contributed by atoms with Gasteiger partial charge in [0.25, 0.3) is 0 Å². The predicted molar refractivity (Wildman–Crippen MR) is 98.2 cm³/mol. The highest BCUT2D eigenvalue weighted by atomic mass is 79.9. The van der Waals surface area contributed by atoms with Crippen molar-refractivity contribution in [1.82, 2.24) is 4.90 Å². The van der Waals surface area contributed by atoms with E-state index in [2.05, 4.69) is 45.1 Å². The second-order valence-corrected chi connectivity index (χ2v) is 8.22. The molecule has 1 aliphatic heterocycles. The van der Waals surface area contributed by atoms with Crippen molar-refractivity contribution < 1.29 is 9.90 Å². The van der Waals surface area contributed by atoms with Crippen LogP contribution in [-0.2, 0) is 0 Å². The summed E-state index contributed by atoms with van der Waals surface area (Å²) in [6.07, 6.45) is 2.41. The third-order valence-corrected chi connectivity index (χ3v) is 5.14. The summed E-state index contributed by atoms with van der Waals surface area (Å²) in [5.41, 5.74) is 0.942. The number of halogens is 1. The third-order valence-electron chi connectivity index (χ3n) is 4.61. The van der Waals surface area contributed by atoms with Gasteiger partial charge in [-0.2, -0.15) is 0 Å². The van der Waals surface area contributed by atoms with E-state index in [1.807, 2.05) is 20.8 Å². The molecule has 1 aromatic carbocycles. The first kappa shape index (κ1) is 18.1. The molecule has 0 unspecified atom stereocenters. The van der Waals surface area contributed by atoms with Crippen molar-refractivity contribution in [3.8, 4) is 0 Å². The lowest BCUT2D eigenvalue weighted by Crippen LogP contribution is -2.46. The number of nitrogens with zero attached hydrogens (tertiary/aromatic N) is 2. The monoisotopic (exact) mass is 382 g/mol. The molecule has 1 heterocycles. The molecule has 0 aliphatic carbocycles. The molecule has 1 aliphatic rings. The van der Waals surface area contributed by atoms with Gasteiger partial charge in [-0.05, 0) is 70.2 Å². The molecule has 23 heavy (non-hydrogen) atoms. The number of amides is 1. The first-order valence-corrected chi connectivity index (χ1v) is 9.08. The molecule has 128 valence electrons. The van der Waals surface area contributed by atoms with E-state index in [4.69, 9.17) is 0 Å². The van der Waals surface area contributed by atoms with Gasteiger partial charge in [-0.15, -0.1) is 0 Å². The van der Waals surface area contributed by atoms with Crippen molar-refractivity contribution in [2.45, 2.75) is 45.6 Å². The molecule has 5 heteroatoms. The van der Waals surface area contributed by atoms with Crippen molar-refractivity contribution in [2.75, 3.05) is 24.5 Å².